The third kappa shape index (κ3) is 12.0. The van der Waals surface area contributed by atoms with Crippen molar-refractivity contribution in [3.05, 3.63) is 97.1 Å². The zero-order valence-corrected chi connectivity index (χ0v) is 45.5. The molecule has 0 bridgehead atoms. The monoisotopic (exact) mass is 911 g/mol. The first-order chi connectivity index (χ1) is 29.1. The summed E-state index contributed by atoms with van der Waals surface area (Å²) in [6.45, 7) is 4.80. The molecule has 63 heavy (non-hydrogen) atoms. The smallest absolute Gasteiger partial charge is 0.410 e. The summed E-state index contributed by atoms with van der Waals surface area (Å²) in [6.07, 6.45) is 4.98. The summed E-state index contributed by atoms with van der Waals surface area (Å²) in [5.74, 6) is 1.11. The fourth-order valence-corrected chi connectivity index (χ4v) is 21.5. The van der Waals surface area contributed by atoms with Gasteiger partial charge in [0.05, 0.1) is 139 Å². The molecular formula is C52H86N6O2Si3+6. The molecule has 4 aromatic rings. The Bertz CT molecular complexity index is 1840. The van der Waals surface area contributed by atoms with Gasteiger partial charge in [-0.1, -0.05) is 48.5 Å². The summed E-state index contributed by atoms with van der Waals surface area (Å²) in [6, 6.07) is 40.3. The van der Waals surface area contributed by atoms with Crippen molar-refractivity contribution in [2.24, 2.45) is 11.8 Å². The molecule has 2 atom stereocenters. The third-order valence-electron chi connectivity index (χ3n) is 14.3. The Balaban J connectivity index is 1.54. The number of benzene rings is 4. The predicted molar refractivity (Wildman–Crippen MR) is 281 cm³/mol. The number of hydrogen-bond donors (Lipinski definition) is 0. The average molecular weight is 912 g/mol. The van der Waals surface area contributed by atoms with Crippen LogP contribution in [0.4, 0.5) is 22.7 Å². The van der Waals surface area contributed by atoms with Crippen LogP contribution in [0.25, 0.3) is 0 Å². The molecule has 2 unspecified atom stereocenters. The van der Waals surface area contributed by atoms with Gasteiger partial charge < -0.3 is 17.2 Å². The first kappa shape index (κ1) is 49.6. The normalized spacial score (nSPS) is 20.1. The van der Waals surface area contributed by atoms with Crippen LogP contribution in [0, 0.1) is 11.8 Å². The van der Waals surface area contributed by atoms with E-state index in [9.17, 15) is 0 Å². The molecule has 0 saturated carbocycles. The summed E-state index contributed by atoms with van der Waals surface area (Å²) in [5.41, 5.74) is 5.19. The highest BCUT2D eigenvalue weighted by molar-refractivity contribution is 7.02. The van der Waals surface area contributed by atoms with Gasteiger partial charge in [0, 0.05) is 11.8 Å². The minimum atomic E-state index is -2.93. The van der Waals surface area contributed by atoms with Gasteiger partial charge in [-0.2, -0.15) is 0 Å². The highest BCUT2D eigenvalue weighted by Crippen LogP contribution is 2.33. The zero-order valence-electron chi connectivity index (χ0n) is 42.5. The fourth-order valence-electron chi connectivity index (χ4n) is 10.5. The molecule has 2 fully saturated rings. The molecule has 0 spiro atoms. The van der Waals surface area contributed by atoms with E-state index in [-0.39, 0.29) is 10.0 Å². The van der Waals surface area contributed by atoms with Gasteiger partial charge in [0.2, 0.25) is 16.6 Å². The van der Waals surface area contributed by atoms with Gasteiger partial charge in [-0.15, -0.1) is 0 Å². The number of nitrogens with zero attached hydrogens (tertiary/aromatic N) is 6. The van der Waals surface area contributed by atoms with Gasteiger partial charge in [-0.3, -0.25) is 17.9 Å². The lowest BCUT2D eigenvalue weighted by Crippen LogP contribution is -2.67. The second-order valence-electron chi connectivity index (χ2n) is 24.3. The highest BCUT2D eigenvalue weighted by Gasteiger charge is 2.48. The number of rotatable bonds is 16. The Morgan fingerprint density at radius 1 is 0.429 bits per heavy atom. The summed E-state index contributed by atoms with van der Waals surface area (Å²) in [5, 5.41) is 5.40. The highest BCUT2D eigenvalue weighted by atomic mass is 28.4. The lowest BCUT2D eigenvalue weighted by molar-refractivity contribution is -0.898. The van der Waals surface area contributed by atoms with Crippen molar-refractivity contribution >= 4 is 70.1 Å². The zero-order chi connectivity index (χ0) is 46.3. The van der Waals surface area contributed by atoms with E-state index in [1.165, 1.54) is 95.4 Å². The molecule has 6 rings (SSSR count). The Hall–Kier alpha value is -2.79. The van der Waals surface area contributed by atoms with E-state index < -0.39 is 16.6 Å². The van der Waals surface area contributed by atoms with Crippen LogP contribution in [0.2, 0.25) is 12.1 Å². The topological polar surface area (TPSA) is 18.5 Å². The van der Waals surface area contributed by atoms with Crippen LogP contribution in [0.3, 0.4) is 0 Å². The number of piperidine rings is 2. The van der Waals surface area contributed by atoms with Crippen LogP contribution in [0.1, 0.15) is 25.7 Å². The summed E-state index contributed by atoms with van der Waals surface area (Å²) in [4.78, 5) is 0. The maximum atomic E-state index is 7.96. The van der Waals surface area contributed by atoms with E-state index in [2.05, 4.69) is 210 Å². The molecule has 0 aromatic heterocycles. The van der Waals surface area contributed by atoms with Crippen molar-refractivity contribution in [3.8, 4) is 0 Å². The lowest BCUT2D eigenvalue weighted by atomic mass is 9.99. The average Bonchev–Trinajstić information content (AvgIpc) is 3.18. The number of hydrogen-bond acceptors (Lipinski definition) is 2. The predicted octanol–water partition coefficient (Wildman–Crippen LogP) is 5.83. The molecule has 11 heteroatoms. The van der Waals surface area contributed by atoms with Crippen molar-refractivity contribution in [1.82, 2.24) is 17.9 Å². The molecule has 2 saturated heterocycles. The van der Waals surface area contributed by atoms with Crippen molar-refractivity contribution in [3.63, 3.8) is 0 Å². The first-order valence-electron chi connectivity index (χ1n) is 23.6. The molecule has 0 N–H and O–H groups in total. The van der Waals surface area contributed by atoms with Crippen molar-refractivity contribution in [1.29, 1.82) is 0 Å². The second-order valence-corrected chi connectivity index (χ2v) is 32.5. The van der Waals surface area contributed by atoms with Gasteiger partial charge in [-0.05, 0) is 107 Å². The van der Waals surface area contributed by atoms with E-state index in [1.54, 1.807) is 0 Å². The van der Waals surface area contributed by atoms with Gasteiger partial charge in [0.1, 0.15) is 22.7 Å². The standard InChI is InChI=1S/C52H86N6O2Si3/c1-53(2,3)45-21-29-49(30-22-45)62(41-43-19-17-37-57(13,14)39-43,50-31-23-46(24-32-50)54(4,5)6)59-61-60-63(42-44-20-18-38-58(15,16)40-44,51-33-25-47(26-34-51)55(7,8)9)52-35-27-48(28-36-52)56(10,11)12/h21-36,43-44H,17-20,37-42H2,1-16H3/q+6. The molecule has 2 heterocycles. The minimum Gasteiger partial charge on any atom is -0.427 e. The molecule has 8 nitrogen and oxygen atoms in total. The van der Waals surface area contributed by atoms with Crippen LogP contribution < -0.4 is 38.7 Å². The second kappa shape index (κ2) is 18.5. The molecule has 0 amide bonds. The first-order valence-corrected chi connectivity index (χ1v) is 28.6. The third-order valence-corrected chi connectivity index (χ3v) is 25.1. The van der Waals surface area contributed by atoms with E-state index in [0.29, 0.717) is 11.8 Å². The number of likely N-dealkylation sites (tertiary alicyclic amines) is 2. The molecule has 2 radical (unpaired) electrons. The minimum absolute atomic E-state index is 0.106. The molecule has 0 aliphatic carbocycles. The van der Waals surface area contributed by atoms with E-state index in [4.69, 9.17) is 8.23 Å². The van der Waals surface area contributed by atoms with E-state index in [0.717, 1.165) is 39.0 Å². The summed E-state index contributed by atoms with van der Waals surface area (Å²) in [7, 11) is 30.8. The van der Waals surface area contributed by atoms with Crippen LogP contribution >= 0.6 is 0 Å². The SMILES string of the molecule is C[N+]1(C)CCCC(C[Si](O[Si]O[Si](CC2CCC[N+](C)(C)C2)(c2ccc([N+](C)(C)C)cc2)c2ccc([N+](C)(C)C)cc2)(c2ccc([N+](C)(C)C)cc2)c2ccc([N+](C)(C)C)cc2)C1. The summed E-state index contributed by atoms with van der Waals surface area (Å²) < 4.78 is 21.1. The molecule has 2 aliphatic heterocycles. The Labute approximate surface area is 389 Å². The maximum absolute atomic E-state index is 7.96. The van der Waals surface area contributed by atoms with Crippen molar-refractivity contribution in [2.75, 3.05) is 139 Å². The van der Waals surface area contributed by atoms with Crippen LogP contribution in [0.5, 0.6) is 0 Å². The van der Waals surface area contributed by atoms with Crippen LogP contribution in [-0.4, -0.2) is 175 Å². The fraction of sp³-hybridized carbons (Fsp3) is 0.538. The Morgan fingerprint density at radius 2 is 0.667 bits per heavy atom. The Kier molecular flexibility index (Phi) is 14.6. The largest absolute Gasteiger partial charge is 0.427 e. The lowest BCUT2D eigenvalue weighted by Gasteiger charge is -2.43. The molecular weight excluding hydrogens is 825 g/mol. The summed E-state index contributed by atoms with van der Waals surface area (Å²) >= 11 is 0. The van der Waals surface area contributed by atoms with Gasteiger partial charge in [0.15, 0.2) is 0 Å². The Morgan fingerprint density at radius 3 is 0.873 bits per heavy atom. The van der Waals surface area contributed by atoms with Crippen molar-refractivity contribution < 1.29 is 17.2 Å². The van der Waals surface area contributed by atoms with Crippen molar-refractivity contribution in [2.45, 2.75) is 37.8 Å². The van der Waals surface area contributed by atoms with E-state index in [1.807, 2.05) is 0 Å². The van der Waals surface area contributed by atoms with Gasteiger partial charge >= 0.3 is 10.0 Å². The van der Waals surface area contributed by atoms with Crippen LogP contribution in [-0.2, 0) is 8.23 Å². The number of quaternary nitrogens is 6. The van der Waals surface area contributed by atoms with E-state index >= 15 is 0 Å². The molecule has 4 aromatic carbocycles. The maximum Gasteiger partial charge on any atom is 0.410 e. The molecule has 342 valence electrons. The van der Waals surface area contributed by atoms with Gasteiger partial charge in [-0.25, -0.2) is 0 Å². The van der Waals surface area contributed by atoms with Gasteiger partial charge in [0.25, 0.3) is 0 Å². The molecule has 2 aliphatic rings. The van der Waals surface area contributed by atoms with Crippen LogP contribution in [0.15, 0.2) is 97.1 Å². The quantitative estimate of drug-likeness (QED) is 0.104.